The van der Waals surface area contributed by atoms with E-state index < -0.39 is 11.3 Å². The molecule has 2 heterocycles. The Morgan fingerprint density at radius 2 is 1.48 bits per heavy atom. The number of aliphatic hydroxyl groups excluding tert-OH is 2. The summed E-state index contributed by atoms with van der Waals surface area (Å²) in [6.45, 7) is 0.495. The van der Waals surface area contributed by atoms with Crippen LogP contribution in [0.4, 0.5) is 5.69 Å². The minimum Gasteiger partial charge on any atom is -0.512 e. The lowest BCUT2D eigenvalue weighted by molar-refractivity contribution is -0.125. The minimum absolute atomic E-state index is 0.0212. The first-order valence-corrected chi connectivity index (χ1v) is 9.33. The van der Waals surface area contributed by atoms with Crippen LogP contribution in [0.1, 0.15) is 43.2 Å². The highest BCUT2D eigenvalue weighted by Gasteiger charge is 2.62. The van der Waals surface area contributed by atoms with E-state index in [-0.39, 0.29) is 59.9 Å². The van der Waals surface area contributed by atoms with E-state index in [2.05, 4.69) is 0 Å². The van der Waals surface area contributed by atoms with Crippen molar-refractivity contribution >= 4 is 23.2 Å². The number of ketones is 2. The largest absolute Gasteiger partial charge is 0.512 e. The first-order chi connectivity index (χ1) is 13.0. The van der Waals surface area contributed by atoms with Crippen molar-refractivity contribution in [3.8, 4) is 0 Å². The van der Waals surface area contributed by atoms with Gasteiger partial charge in [-0.05, 0) is 18.4 Å². The SMILES string of the molecule is O=C1CCC(O)=C1C1(C2=C(O)CCC2=O)C(=O)N2CCCc3cccc1c32. The summed E-state index contributed by atoms with van der Waals surface area (Å²) in [6.07, 6.45) is 2.11. The molecule has 0 saturated carbocycles. The number of para-hydroxylation sites is 1. The Balaban J connectivity index is 1.93. The van der Waals surface area contributed by atoms with Crippen LogP contribution in [0.3, 0.4) is 0 Å². The van der Waals surface area contributed by atoms with E-state index in [0.717, 1.165) is 24.1 Å². The zero-order valence-corrected chi connectivity index (χ0v) is 14.7. The number of hydrogen-bond acceptors (Lipinski definition) is 5. The standard InChI is InChI=1S/C21H19NO5/c23-13-6-7-14(24)17(13)21(18-15(25)8-9-16(18)26)12-5-1-3-11-4-2-10-22(19(11)12)20(21)27/h1,3,5,23,25H,2,4,6-10H2. The summed E-state index contributed by atoms with van der Waals surface area (Å²) in [5, 5.41) is 21.2. The normalized spacial score (nSPS) is 23.7. The number of aryl methyl sites for hydroxylation is 1. The summed E-state index contributed by atoms with van der Waals surface area (Å²) >= 11 is 0. The number of carbonyl (C=O) groups is 3. The number of benzene rings is 1. The molecule has 2 aliphatic carbocycles. The lowest BCUT2D eigenvalue weighted by Crippen LogP contribution is -2.47. The predicted octanol–water partition coefficient (Wildman–Crippen LogP) is 2.57. The quantitative estimate of drug-likeness (QED) is 0.840. The van der Waals surface area contributed by atoms with Crippen LogP contribution in [-0.2, 0) is 26.2 Å². The number of carbonyl (C=O) groups excluding carboxylic acids is 3. The number of nitrogens with zero attached hydrogens (tertiary/aromatic N) is 1. The van der Waals surface area contributed by atoms with Gasteiger partial charge in [-0.2, -0.15) is 0 Å². The fraction of sp³-hybridized carbons (Fsp3) is 0.381. The number of Topliss-reactive ketones (excluding diaryl/α,β-unsaturated/α-hetero) is 2. The van der Waals surface area contributed by atoms with E-state index in [9.17, 15) is 24.6 Å². The molecule has 6 nitrogen and oxygen atoms in total. The highest BCUT2D eigenvalue weighted by atomic mass is 16.3. The van der Waals surface area contributed by atoms with Crippen LogP contribution >= 0.6 is 0 Å². The second-order valence-corrected chi connectivity index (χ2v) is 7.61. The molecule has 138 valence electrons. The van der Waals surface area contributed by atoms with E-state index in [1.165, 1.54) is 0 Å². The molecule has 2 aliphatic heterocycles. The first kappa shape index (κ1) is 16.3. The van der Waals surface area contributed by atoms with Crippen molar-refractivity contribution in [3.05, 3.63) is 52.0 Å². The van der Waals surface area contributed by atoms with Gasteiger partial charge in [0.15, 0.2) is 11.6 Å². The van der Waals surface area contributed by atoms with Crippen molar-refractivity contribution in [1.29, 1.82) is 0 Å². The van der Waals surface area contributed by atoms with Gasteiger partial charge in [-0.25, -0.2) is 0 Å². The van der Waals surface area contributed by atoms with E-state index >= 15 is 0 Å². The minimum atomic E-state index is -1.72. The maximum absolute atomic E-state index is 13.8. The number of rotatable bonds is 2. The van der Waals surface area contributed by atoms with Crippen molar-refractivity contribution in [2.75, 3.05) is 11.4 Å². The van der Waals surface area contributed by atoms with E-state index in [0.29, 0.717) is 12.1 Å². The fourth-order valence-electron chi connectivity index (χ4n) is 5.22. The molecule has 1 amide bonds. The molecule has 0 unspecified atom stereocenters. The maximum atomic E-state index is 13.8. The summed E-state index contributed by atoms with van der Waals surface area (Å²) in [4.78, 5) is 41.0. The monoisotopic (exact) mass is 365 g/mol. The third-order valence-electron chi connectivity index (χ3n) is 6.25. The van der Waals surface area contributed by atoms with Gasteiger partial charge < -0.3 is 15.1 Å². The molecule has 1 aromatic rings. The molecule has 2 N–H and O–H groups in total. The lowest BCUT2D eigenvalue weighted by Gasteiger charge is -2.31. The highest BCUT2D eigenvalue weighted by Crippen LogP contribution is 2.57. The Kier molecular flexibility index (Phi) is 3.21. The van der Waals surface area contributed by atoms with Crippen molar-refractivity contribution in [2.24, 2.45) is 0 Å². The van der Waals surface area contributed by atoms with Gasteiger partial charge in [0.1, 0.15) is 16.9 Å². The van der Waals surface area contributed by atoms with Crippen LogP contribution in [0, 0.1) is 0 Å². The Morgan fingerprint density at radius 1 is 0.852 bits per heavy atom. The molecule has 0 saturated heterocycles. The summed E-state index contributed by atoms with van der Waals surface area (Å²) in [5.74, 6) is -1.37. The molecule has 0 atom stereocenters. The van der Waals surface area contributed by atoms with Gasteiger partial charge in [-0.15, -0.1) is 0 Å². The van der Waals surface area contributed by atoms with Crippen LogP contribution in [0.2, 0.25) is 0 Å². The molecule has 0 aromatic heterocycles. The smallest absolute Gasteiger partial charge is 0.247 e. The number of aliphatic hydroxyl groups is 2. The van der Waals surface area contributed by atoms with Crippen LogP contribution < -0.4 is 4.90 Å². The molecule has 4 aliphatic rings. The number of allylic oxidation sites excluding steroid dienone is 2. The molecule has 0 fully saturated rings. The Bertz CT molecular complexity index is 960. The number of anilines is 1. The summed E-state index contributed by atoms with van der Waals surface area (Å²) in [7, 11) is 0. The molecule has 6 heteroatoms. The lowest BCUT2D eigenvalue weighted by atomic mass is 9.67. The van der Waals surface area contributed by atoms with Crippen molar-refractivity contribution < 1.29 is 24.6 Å². The van der Waals surface area contributed by atoms with Crippen molar-refractivity contribution in [2.45, 2.75) is 43.9 Å². The highest BCUT2D eigenvalue weighted by molar-refractivity contribution is 6.25. The van der Waals surface area contributed by atoms with Crippen LogP contribution in [0.15, 0.2) is 40.9 Å². The second-order valence-electron chi connectivity index (χ2n) is 7.61. The zero-order valence-electron chi connectivity index (χ0n) is 14.7. The fourth-order valence-corrected chi connectivity index (χ4v) is 5.22. The number of amides is 1. The molecule has 5 rings (SSSR count). The Hall–Kier alpha value is -2.89. The van der Waals surface area contributed by atoms with E-state index in [4.69, 9.17) is 0 Å². The molecule has 0 radical (unpaired) electrons. The molecular weight excluding hydrogens is 346 g/mol. The van der Waals surface area contributed by atoms with Crippen molar-refractivity contribution in [3.63, 3.8) is 0 Å². The van der Waals surface area contributed by atoms with Gasteiger partial charge in [0.2, 0.25) is 5.91 Å². The molecule has 0 spiro atoms. The maximum Gasteiger partial charge on any atom is 0.247 e. The molecule has 0 bridgehead atoms. The zero-order chi connectivity index (χ0) is 18.9. The van der Waals surface area contributed by atoms with Crippen molar-refractivity contribution in [1.82, 2.24) is 0 Å². The average Bonchev–Trinajstić information content (AvgIpc) is 3.25. The Morgan fingerprint density at radius 3 is 2.04 bits per heavy atom. The van der Waals surface area contributed by atoms with Gasteiger partial charge in [-0.1, -0.05) is 18.2 Å². The number of hydrogen-bond donors (Lipinski definition) is 2. The molecule has 27 heavy (non-hydrogen) atoms. The Labute approximate surface area is 155 Å². The molecule has 1 aromatic carbocycles. The summed E-state index contributed by atoms with van der Waals surface area (Å²) < 4.78 is 0. The van der Waals surface area contributed by atoms with Crippen LogP contribution in [0.5, 0.6) is 0 Å². The van der Waals surface area contributed by atoms with Gasteiger partial charge in [0.25, 0.3) is 0 Å². The van der Waals surface area contributed by atoms with E-state index in [1.54, 1.807) is 11.0 Å². The topological polar surface area (TPSA) is 94.9 Å². The van der Waals surface area contributed by atoms with Gasteiger partial charge >= 0.3 is 0 Å². The predicted molar refractivity (Wildman–Crippen MR) is 96.6 cm³/mol. The van der Waals surface area contributed by atoms with E-state index in [1.807, 2.05) is 12.1 Å². The van der Waals surface area contributed by atoms with Gasteiger partial charge in [0, 0.05) is 37.8 Å². The third-order valence-corrected chi connectivity index (χ3v) is 6.25. The second kappa shape index (κ2) is 5.31. The van der Waals surface area contributed by atoms with Gasteiger partial charge in [0.05, 0.1) is 16.8 Å². The summed E-state index contributed by atoms with van der Waals surface area (Å²) in [5.41, 5.74) is 0.502. The third kappa shape index (κ3) is 1.83. The van der Waals surface area contributed by atoms with Crippen LogP contribution in [0.25, 0.3) is 0 Å². The van der Waals surface area contributed by atoms with Crippen LogP contribution in [-0.4, -0.2) is 34.2 Å². The van der Waals surface area contributed by atoms with Gasteiger partial charge in [-0.3, -0.25) is 14.4 Å². The average molecular weight is 365 g/mol. The molecular formula is C21H19NO5. The summed E-state index contributed by atoms with van der Waals surface area (Å²) in [6, 6.07) is 5.52. The first-order valence-electron chi connectivity index (χ1n) is 9.33.